The van der Waals surface area contributed by atoms with E-state index in [1.807, 2.05) is 0 Å². The van der Waals surface area contributed by atoms with Gasteiger partial charge in [-0.2, -0.15) is 0 Å². The molecule has 0 aliphatic rings. The van der Waals surface area contributed by atoms with Crippen LogP contribution in [0.1, 0.15) is 34.6 Å². The number of rotatable bonds is 6. The van der Waals surface area contributed by atoms with Crippen molar-refractivity contribution in [2.75, 3.05) is 5.32 Å². The first-order valence-corrected chi connectivity index (χ1v) is 8.54. The van der Waals surface area contributed by atoms with Gasteiger partial charge in [0, 0.05) is 5.69 Å². The molecule has 0 heterocycles. The van der Waals surface area contributed by atoms with E-state index in [1.165, 1.54) is 6.07 Å². The van der Waals surface area contributed by atoms with Crippen LogP contribution in [0.2, 0.25) is 5.02 Å². The van der Waals surface area contributed by atoms with Crippen LogP contribution in [0, 0.1) is 11.7 Å². The first kappa shape index (κ1) is 20.4. The van der Waals surface area contributed by atoms with Crippen LogP contribution < -0.4 is 16.4 Å². The molecule has 0 radical (unpaired) electrons. The van der Waals surface area contributed by atoms with Gasteiger partial charge in [-0.3, -0.25) is 14.4 Å². The highest BCUT2D eigenvalue weighted by atomic mass is 35.5. The van der Waals surface area contributed by atoms with Gasteiger partial charge in [0.05, 0.1) is 16.1 Å². The van der Waals surface area contributed by atoms with Crippen LogP contribution >= 0.6 is 11.6 Å². The van der Waals surface area contributed by atoms with E-state index in [1.54, 1.807) is 38.1 Å². The van der Waals surface area contributed by atoms with Crippen molar-refractivity contribution in [2.45, 2.75) is 19.9 Å². The van der Waals surface area contributed by atoms with Crippen LogP contribution in [0.25, 0.3) is 0 Å². The van der Waals surface area contributed by atoms with Crippen LogP contribution in [0.4, 0.5) is 10.1 Å². The predicted molar refractivity (Wildman–Crippen MR) is 101 cm³/mol. The largest absolute Gasteiger partial charge is 0.366 e. The van der Waals surface area contributed by atoms with Crippen molar-refractivity contribution in [1.29, 1.82) is 0 Å². The normalized spacial score (nSPS) is 11.7. The topological polar surface area (TPSA) is 101 Å². The van der Waals surface area contributed by atoms with Crippen molar-refractivity contribution in [3.8, 4) is 0 Å². The molecule has 0 aliphatic heterocycles. The Bertz CT molecular complexity index is 886. The minimum absolute atomic E-state index is 0.188. The van der Waals surface area contributed by atoms with Crippen molar-refractivity contribution in [3.63, 3.8) is 0 Å². The Morgan fingerprint density at radius 2 is 1.74 bits per heavy atom. The van der Waals surface area contributed by atoms with Crippen molar-refractivity contribution < 1.29 is 18.8 Å². The number of benzene rings is 2. The van der Waals surface area contributed by atoms with E-state index in [-0.39, 0.29) is 27.8 Å². The van der Waals surface area contributed by atoms with Gasteiger partial charge < -0.3 is 16.4 Å². The average molecular weight is 392 g/mol. The van der Waals surface area contributed by atoms with Gasteiger partial charge in [0.1, 0.15) is 11.9 Å². The molecule has 142 valence electrons. The summed E-state index contributed by atoms with van der Waals surface area (Å²) in [6.45, 7) is 3.52. The summed E-state index contributed by atoms with van der Waals surface area (Å²) >= 11 is 6.01. The number of hydrogen-bond donors (Lipinski definition) is 3. The van der Waals surface area contributed by atoms with Gasteiger partial charge in [-0.15, -0.1) is 0 Å². The van der Waals surface area contributed by atoms with Crippen LogP contribution in [0.15, 0.2) is 42.5 Å². The van der Waals surface area contributed by atoms with Crippen molar-refractivity contribution in [1.82, 2.24) is 5.32 Å². The van der Waals surface area contributed by atoms with Gasteiger partial charge >= 0.3 is 0 Å². The van der Waals surface area contributed by atoms with Crippen molar-refractivity contribution in [3.05, 3.63) is 64.4 Å². The summed E-state index contributed by atoms with van der Waals surface area (Å²) in [6, 6.07) is 9.07. The lowest BCUT2D eigenvalue weighted by Crippen LogP contribution is -2.47. The number of amides is 3. The summed E-state index contributed by atoms with van der Waals surface area (Å²) in [4.78, 5) is 36.3. The Labute approximate surface area is 160 Å². The highest BCUT2D eigenvalue weighted by Gasteiger charge is 2.26. The molecule has 2 rings (SSSR count). The zero-order valence-electron chi connectivity index (χ0n) is 14.8. The highest BCUT2D eigenvalue weighted by Crippen LogP contribution is 2.18. The number of anilines is 1. The summed E-state index contributed by atoms with van der Waals surface area (Å²) in [5.41, 5.74) is 5.20. The molecule has 8 heteroatoms. The zero-order chi connectivity index (χ0) is 20.1. The minimum atomic E-state index is -0.948. The third-order valence-corrected chi connectivity index (χ3v) is 4.18. The number of carbonyl (C=O) groups excluding carboxylic acids is 3. The second-order valence-corrected chi connectivity index (χ2v) is 6.63. The Morgan fingerprint density at radius 1 is 1.07 bits per heavy atom. The number of hydrogen-bond acceptors (Lipinski definition) is 3. The summed E-state index contributed by atoms with van der Waals surface area (Å²) in [5, 5.41) is 5.46. The van der Waals surface area contributed by atoms with Gasteiger partial charge in [0.15, 0.2) is 0 Å². The standard InChI is InChI=1S/C19H19ClFN3O3/c1-10(2)16(24-18(26)12-5-3-4-6-14(12)20)19(27)23-11-7-8-15(21)13(9-11)17(22)25/h3-10,16H,1-2H3,(H2,22,25)(H,23,27)(H,24,26). The smallest absolute Gasteiger partial charge is 0.253 e. The van der Waals surface area contributed by atoms with E-state index in [0.717, 1.165) is 12.1 Å². The second-order valence-electron chi connectivity index (χ2n) is 6.22. The summed E-state index contributed by atoms with van der Waals surface area (Å²) in [7, 11) is 0. The molecule has 0 saturated heterocycles. The molecular formula is C19H19ClFN3O3. The lowest BCUT2D eigenvalue weighted by atomic mass is 10.0. The molecule has 0 spiro atoms. The van der Waals surface area contributed by atoms with Crippen molar-refractivity contribution >= 4 is 35.0 Å². The second kappa shape index (κ2) is 8.64. The molecule has 0 saturated carbocycles. The maximum absolute atomic E-state index is 13.6. The van der Waals surface area contributed by atoms with E-state index in [4.69, 9.17) is 17.3 Å². The molecule has 0 fully saturated rings. The molecule has 2 aromatic carbocycles. The molecule has 0 aromatic heterocycles. The Balaban J connectivity index is 2.18. The van der Waals surface area contributed by atoms with Crippen LogP contribution in [-0.2, 0) is 4.79 Å². The Hall–Kier alpha value is -2.93. The van der Waals surface area contributed by atoms with Crippen LogP contribution in [-0.4, -0.2) is 23.8 Å². The first-order valence-electron chi connectivity index (χ1n) is 8.16. The Kier molecular flexibility index (Phi) is 6.52. The van der Waals surface area contributed by atoms with E-state index >= 15 is 0 Å². The van der Waals surface area contributed by atoms with Crippen LogP contribution in [0.3, 0.4) is 0 Å². The van der Waals surface area contributed by atoms with E-state index in [0.29, 0.717) is 0 Å². The van der Waals surface area contributed by atoms with Gasteiger partial charge in [0.25, 0.3) is 11.8 Å². The number of nitrogens with one attached hydrogen (secondary N) is 2. The van der Waals surface area contributed by atoms with Gasteiger partial charge in [-0.25, -0.2) is 4.39 Å². The van der Waals surface area contributed by atoms with E-state index in [9.17, 15) is 18.8 Å². The van der Waals surface area contributed by atoms with Crippen LogP contribution in [0.5, 0.6) is 0 Å². The fraction of sp³-hybridized carbons (Fsp3) is 0.211. The molecule has 27 heavy (non-hydrogen) atoms. The van der Waals surface area contributed by atoms with E-state index in [2.05, 4.69) is 10.6 Å². The lowest BCUT2D eigenvalue weighted by molar-refractivity contribution is -0.118. The van der Waals surface area contributed by atoms with Gasteiger partial charge in [-0.05, 0) is 36.2 Å². The molecule has 0 aliphatic carbocycles. The average Bonchev–Trinajstić information content (AvgIpc) is 2.60. The quantitative estimate of drug-likeness (QED) is 0.705. The molecule has 2 aromatic rings. The third kappa shape index (κ3) is 5.04. The molecule has 4 N–H and O–H groups in total. The highest BCUT2D eigenvalue weighted by molar-refractivity contribution is 6.33. The molecular weight excluding hydrogens is 373 g/mol. The predicted octanol–water partition coefficient (Wildman–Crippen LogP) is 2.97. The molecule has 3 amide bonds. The maximum atomic E-state index is 13.6. The molecule has 0 bridgehead atoms. The molecule has 1 atom stereocenters. The molecule has 6 nitrogen and oxygen atoms in total. The van der Waals surface area contributed by atoms with E-state index < -0.39 is 29.6 Å². The van der Waals surface area contributed by atoms with Gasteiger partial charge in [0.2, 0.25) is 5.91 Å². The lowest BCUT2D eigenvalue weighted by Gasteiger charge is -2.22. The van der Waals surface area contributed by atoms with Crippen molar-refractivity contribution in [2.24, 2.45) is 11.7 Å². The third-order valence-electron chi connectivity index (χ3n) is 3.85. The Morgan fingerprint density at radius 3 is 2.33 bits per heavy atom. The molecule has 1 unspecified atom stereocenters. The summed E-state index contributed by atoms with van der Waals surface area (Å²) in [6.07, 6.45) is 0. The number of halogens is 2. The zero-order valence-corrected chi connectivity index (χ0v) is 15.5. The fourth-order valence-electron chi connectivity index (χ4n) is 2.41. The number of primary amides is 1. The fourth-order valence-corrected chi connectivity index (χ4v) is 2.63. The monoisotopic (exact) mass is 391 g/mol. The number of nitrogens with two attached hydrogens (primary N) is 1. The summed E-state index contributed by atoms with van der Waals surface area (Å²) in [5.74, 6) is -2.99. The van der Waals surface area contributed by atoms with Gasteiger partial charge in [-0.1, -0.05) is 37.6 Å². The summed E-state index contributed by atoms with van der Waals surface area (Å²) < 4.78 is 13.6. The maximum Gasteiger partial charge on any atom is 0.253 e. The number of carbonyl (C=O) groups is 3. The minimum Gasteiger partial charge on any atom is -0.366 e. The first-order chi connectivity index (χ1) is 12.7. The SMILES string of the molecule is CC(C)C(NC(=O)c1ccccc1Cl)C(=O)Nc1ccc(F)c(C(N)=O)c1.